The fourth-order valence-corrected chi connectivity index (χ4v) is 6.90. The highest BCUT2D eigenvalue weighted by atomic mass is 16.6. The van der Waals surface area contributed by atoms with Gasteiger partial charge >= 0.3 is 11.9 Å². The first kappa shape index (κ1) is 24.9. The standard InChI is InChI=1S/C29H32N2O7/c1-16(36-27(34)19(30)14-17-6-4-3-5-7-17)26(33)37-21-10-11-29(35)22-15-18-8-9-20(32)24-23(18)28(29,25(21)38-24)12-13-31(22)2/h3-10,16,19,22,25,32,35H,11-15,30H2,1-2H3/t16-,19-,22+,25-,28-,29+/m0/s1. The number of benzene rings is 2. The van der Waals surface area contributed by atoms with Crippen LogP contribution in [0.25, 0.3) is 0 Å². The summed E-state index contributed by atoms with van der Waals surface area (Å²) in [4.78, 5) is 27.8. The maximum Gasteiger partial charge on any atom is 0.352 e. The third-order valence-electron chi connectivity index (χ3n) is 8.80. The summed E-state index contributed by atoms with van der Waals surface area (Å²) < 4.78 is 17.4. The van der Waals surface area contributed by atoms with Gasteiger partial charge in [-0.2, -0.15) is 0 Å². The Balaban J connectivity index is 1.23. The Hall–Kier alpha value is -3.40. The van der Waals surface area contributed by atoms with Crippen LogP contribution >= 0.6 is 0 Å². The Morgan fingerprint density at radius 2 is 1.97 bits per heavy atom. The van der Waals surface area contributed by atoms with Crippen LogP contribution in [0.15, 0.2) is 54.3 Å². The molecule has 0 radical (unpaired) electrons. The molecule has 1 saturated heterocycles. The summed E-state index contributed by atoms with van der Waals surface area (Å²) in [6, 6.07) is 11.7. The van der Waals surface area contributed by atoms with Gasteiger partial charge in [-0.15, -0.1) is 0 Å². The van der Waals surface area contributed by atoms with Gasteiger partial charge in [-0.1, -0.05) is 36.4 Å². The van der Waals surface area contributed by atoms with Crippen molar-refractivity contribution >= 4 is 11.9 Å². The second-order valence-corrected chi connectivity index (χ2v) is 10.9. The summed E-state index contributed by atoms with van der Waals surface area (Å²) in [5, 5.41) is 22.8. The van der Waals surface area contributed by atoms with Crippen LogP contribution in [0.5, 0.6) is 11.5 Å². The van der Waals surface area contributed by atoms with E-state index < -0.39 is 41.2 Å². The predicted octanol–water partition coefficient (Wildman–Crippen LogP) is 1.71. The lowest BCUT2D eigenvalue weighted by atomic mass is 9.50. The zero-order valence-electron chi connectivity index (χ0n) is 21.4. The Kier molecular flexibility index (Phi) is 5.79. The van der Waals surface area contributed by atoms with Crippen molar-refractivity contribution < 1.29 is 34.0 Å². The Morgan fingerprint density at radius 1 is 1.21 bits per heavy atom. The molecule has 4 N–H and O–H groups in total. The van der Waals surface area contributed by atoms with Gasteiger partial charge in [0, 0.05) is 18.0 Å². The third kappa shape index (κ3) is 3.49. The minimum Gasteiger partial charge on any atom is -0.504 e. The van der Waals surface area contributed by atoms with Gasteiger partial charge in [0.2, 0.25) is 0 Å². The second-order valence-electron chi connectivity index (χ2n) is 10.9. The number of hydrogen-bond donors (Lipinski definition) is 3. The smallest absolute Gasteiger partial charge is 0.352 e. The van der Waals surface area contributed by atoms with Crippen LogP contribution < -0.4 is 10.5 Å². The summed E-state index contributed by atoms with van der Waals surface area (Å²) in [7, 11) is 2.00. The molecule has 200 valence electrons. The number of rotatable bonds is 6. The molecular formula is C29H32N2O7. The van der Waals surface area contributed by atoms with E-state index >= 15 is 0 Å². The van der Waals surface area contributed by atoms with Crippen molar-refractivity contribution in [2.24, 2.45) is 5.73 Å². The summed E-state index contributed by atoms with van der Waals surface area (Å²) in [6.45, 7) is 2.16. The highest BCUT2D eigenvalue weighted by molar-refractivity contribution is 5.82. The highest BCUT2D eigenvalue weighted by Gasteiger charge is 2.72. The fraction of sp³-hybridized carbons (Fsp3) is 0.448. The molecule has 4 aliphatic rings. The number of phenols is 1. The number of phenolic OH excluding ortho intramolecular Hbond substituents is 1. The van der Waals surface area contributed by atoms with Crippen LogP contribution in [-0.2, 0) is 37.3 Å². The number of esters is 2. The molecule has 0 saturated carbocycles. The molecule has 1 spiro atoms. The molecule has 0 aromatic heterocycles. The van der Waals surface area contributed by atoms with Crippen LogP contribution in [0.1, 0.15) is 36.5 Å². The quantitative estimate of drug-likeness (QED) is 0.487. The highest BCUT2D eigenvalue weighted by Crippen LogP contribution is 2.65. The number of ether oxygens (including phenoxy) is 3. The van der Waals surface area contributed by atoms with Crippen molar-refractivity contribution in [3.8, 4) is 11.5 Å². The largest absolute Gasteiger partial charge is 0.504 e. The van der Waals surface area contributed by atoms with Crippen molar-refractivity contribution in [3.63, 3.8) is 0 Å². The van der Waals surface area contributed by atoms with Crippen molar-refractivity contribution in [1.29, 1.82) is 0 Å². The van der Waals surface area contributed by atoms with Gasteiger partial charge in [-0.3, -0.25) is 4.79 Å². The van der Waals surface area contributed by atoms with Crippen molar-refractivity contribution in [2.75, 3.05) is 13.6 Å². The number of nitrogens with zero attached hydrogens (tertiary/aromatic N) is 1. The number of likely N-dealkylation sites (N-methyl/N-ethyl adjacent to an activating group) is 1. The molecule has 9 nitrogen and oxygen atoms in total. The zero-order chi connectivity index (χ0) is 26.8. The minimum absolute atomic E-state index is 0.00682. The van der Waals surface area contributed by atoms with Gasteiger partial charge in [-0.25, -0.2) is 4.79 Å². The summed E-state index contributed by atoms with van der Waals surface area (Å²) in [5.41, 5.74) is 6.70. The average molecular weight is 521 g/mol. The number of aliphatic hydroxyl groups is 1. The number of carbonyl (C=O) groups is 2. The van der Waals surface area contributed by atoms with E-state index in [-0.39, 0.29) is 30.4 Å². The van der Waals surface area contributed by atoms with Crippen LogP contribution in [0.2, 0.25) is 0 Å². The number of piperidine rings is 1. The van der Waals surface area contributed by atoms with E-state index in [9.17, 15) is 19.8 Å². The van der Waals surface area contributed by atoms with Gasteiger partial charge < -0.3 is 35.1 Å². The van der Waals surface area contributed by atoms with Crippen molar-refractivity contribution in [3.05, 3.63) is 71.0 Å². The van der Waals surface area contributed by atoms with Crippen LogP contribution in [0, 0.1) is 0 Å². The molecule has 38 heavy (non-hydrogen) atoms. The van der Waals surface area contributed by atoms with Crippen LogP contribution in [-0.4, -0.2) is 70.5 Å². The molecule has 2 aliphatic carbocycles. The van der Waals surface area contributed by atoms with Gasteiger partial charge in [0.1, 0.15) is 11.8 Å². The van der Waals surface area contributed by atoms with E-state index in [1.807, 2.05) is 43.4 Å². The normalized spacial score (nSPS) is 30.4. The van der Waals surface area contributed by atoms with Gasteiger partial charge in [0.25, 0.3) is 0 Å². The lowest BCUT2D eigenvalue weighted by Crippen LogP contribution is -2.74. The first-order chi connectivity index (χ1) is 18.2. The number of nitrogens with two attached hydrogens (primary N) is 1. The van der Waals surface area contributed by atoms with Crippen molar-refractivity contribution in [2.45, 2.75) is 67.9 Å². The van der Waals surface area contributed by atoms with E-state index in [4.69, 9.17) is 19.9 Å². The maximum absolute atomic E-state index is 13.1. The molecule has 6 rings (SSSR count). The lowest BCUT2D eigenvalue weighted by molar-refractivity contribution is -0.175. The number of hydrogen-bond acceptors (Lipinski definition) is 9. The zero-order valence-corrected chi connectivity index (χ0v) is 21.4. The minimum atomic E-state index is -1.20. The van der Waals surface area contributed by atoms with E-state index in [0.29, 0.717) is 18.6 Å². The van der Waals surface area contributed by atoms with Crippen LogP contribution in [0.3, 0.4) is 0 Å². The molecule has 2 aromatic rings. The number of carbonyl (C=O) groups excluding carboxylic acids is 2. The Morgan fingerprint density at radius 3 is 2.74 bits per heavy atom. The van der Waals surface area contributed by atoms with Gasteiger partial charge in [-0.05, 0) is 63.0 Å². The maximum atomic E-state index is 13.1. The SMILES string of the molecule is C[C@H](OC(=O)[C@@H](N)Cc1ccccc1)C(=O)OC1=CC[C@@]2(O)[C@H]3Cc4ccc(O)c5c4[C@@]2(CCN3C)[C@H]1O5. The fourth-order valence-electron chi connectivity index (χ4n) is 6.90. The average Bonchev–Trinajstić information content (AvgIpc) is 3.26. The predicted molar refractivity (Wildman–Crippen MR) is 136 cm³/mol. The van der Waals surface area contributed by atoms with Gasteiger partial charge in [0.05, 0.1) is 11.0 Å². The van der Waals surface area contributed by atoms with E-state index in [1.54, 1.807) is 12.1 Å². The Bertz CT molecular complexity index is 1330. The topological polar surface area (TPSA) is 132 Å². The molecule has 2 heterocycles. The lowest BCUT2D eigenvalue weighted by Gasteiger charge is -2.61. The summed E-state index contributed by atoms with van der Waals surface area (Å²) >= 11 is 0. The van der Waals surface area contributed by atoms with E-state index in [2.05, 4.69) is 4.90 Å². The number of aromatic hydroxyl groups is 1. The monoisotopic (exact) mass is 520 g/mol. The molecular weight excluding hydrogens is 488 g/mol. The van der Waals surface area contributed by atoms with Crippen LogP contribution in [0.4, 0.5) is 0 Å². The molecule has 6 atom stereocenters. The molecule has 0 amide bonds. The first-order valence-corrected chi connectivity index (χ1v) is 13.0. The van der Waals surface area contributed by atoms with E-state index in [1.165, 1.54) is 6.92 Å². The third-order valence-corrected chi connectivity index (χ3v) is 8.80. The molecule has 2 aliphatic heterocycles. The molecule has 2 aromatic carbocycles. The molecule has 9 heteroatoms. The second kappa shape index (κ2) is 8.83. The molecule has 1 fully saturated rings. The first-order valence-electron chi connectivity index (χ1n) is 13.0. The molecule has 0 unspecified atom stereocenters. The van der Waals surface area contributed by atoms with Crippen molar-refractivity contribution in [1.82, 2.24) is 4.90 Å². The van der Waals surface area contributed by atoms with E-state index in [0.717, 1.165) is 23.2 Å². The van der Waals surface area contributed by atoms with Gasteiger partial charge in [0.15, 0.2) is 23.7 Å². The summed E-state index contributed by atoms with van der Waals surface area (Å²) in [6.07, 6.45) is 1.43. The number of likely N-dealkylation sites (tertiary alicyclic amines) is 1. The Labute approximate surface area is 220 Å². The molecule has 2 bridgehead atoms. The summed E-state index contributed by atoms with van der Waals surface area (Å²) in [5.74, 6) is -0.879.